The van der Waals surface area contributed by atoms with Crippen molar-refractivity contribution in [3.05, 3.63) is 48.6 Å². The molecule has 0 aromatic heterocycles. The molecule has 0 N–H and O–H groups in total. The molecule has 2 aliphatic carbocycles. The monoisotopic (exact) mass is 286 g/mol. The van der Waals surface area contributed by atoms with Crippen molar-refractivity contribution in [1.82, 2.24) is 0 Å². The molecule has 20 heavy (non-hydrogen) atoms. The molecule has 1 aromatic rings. The zero-order valence-electron chi connectivity index (χ0n) is 10.6. The fourth-order valence-electron chi connectivity index (χ4n) is 2.87. The Morgan fingerprint density at radius 1 is 1.05 bits per heavy atom. The number of hydrogen-bond acceptors (Lipinski definition) is 1. The van der Waals surface area contributed by atoms with Gasteiger partial charge in [-0.1, -0.05) is 36.4 Å². The van der Waals surface area contributed by atoms with Gasteiger partial charge < -0.3 is 4.74 Å². The Kier molecular flexibility index (Phi) is 2.94. The highest BCUT2D eigenvalue weighted by Gasteiger charge is 2.84. The summed E-state index contributed by atoms with van der Waals surface area (Å²) in [6, 6.07) is 8.83. The summed E-state index contributed by atoms with van der Waals surface area (Å²) in [6.45, 7) is 3.29. The second-order valence-corrected chi connectivity index (χ2v) is 5.38. The molecule has 5 heteroatoms. The first-order valence-electron chi connectivity index (χ1n) is 6.44. The molecule has 0 bridgehead atoms. The van der Waals surface area contributed by atoms with Crippen LogP contribution < -0.4 is 0 Å². The predicted octanol–water partition coefficient (Wildman–Crippen LogP) is 3.90. The molecule has 2 saturated carbocycles. The number of alkyl halides is 4. The van der Waals surface area contributed by atoms with Gasteiger partial charge in [-0.25, -0.2) is 17.6 Å². The van der Waals surface area contributed by atoms with Crippen LogP contribution in [-0.4, -0.2) is 17.9 Å². The Morgan fingerprint density at radius 3 is 2.25 bits per heavy atom. The molecule has 0 heterocycles. The summed E-state index contributed by atoms with van der Waals surface area (Å²) in [5, 5.41) is 0. The van der Waals surface area contributed by atoms with E-state index >= 15 is 0 Å². The van der Waals surface area contributed by atoms with Crippen LogP contribution in [0.2, 0.25) is 0 Å². The highest BCUT2D eigenvalue weighted by atomic mass is 19.3. The average molecular weight is 286 g/mol. The first-order valence-corrected chi connectivity index (χ1v) is 6.44. The largest absolute Gasteiger partial charge is 0.367 e. The molecule has 2 fully saturated rings. The van der Waals surface area contributed by atoms with Crippen LogP contribution in [0.3, 0.4) is 0 Å². The van der Waals surface area contributed by atoms with Gasteiger partial charge in [0, 0.05) is 11.8 Å². The minimum Gasteiger partial charge on any atom is -0.367 e. The zero-order valence-corrected chi connectivity index (χ0v) is 10.6. The third-order valence-electron chi connectivity index (χ3n) is 4.12. The Morgan fingerprint density at radius 2 is 1.70 bits per heavy atom. The van der Waals surface area contributed by atoms with Gasteiger partial charge in [-0.15, -0.1) is 6.58 Å². The minimum atomic E-state index is -3.17. The molecule has 1 aromatic carbocycles. The number of halogens is 4. The van der Waals surface area contributed by atoms with E-state index in [0.717, 1.165) is 11.6 Å². The first-order chi connectivity index (χ1) is 9.40. The molecular formula is C15H14F4O. The van der Waals surface area contributed by atoms with Crippen LogP contribution in [0.1, 0.15) is 5.56 Å². The fraction of sp³-hybridized carbons (Fsp3) is 0.467. The summed E-state index contributed by atoms with van der Waals surface area (Å²) in [5.74, 6) is -10.1. The molecule has 0 aliphatic heterocycles. The topological polar surface area (TPSA) is 9.23 Å². The van der Waals surface area contributed by atoms with Gasteiger partial charge >= 0.3 is 0 Å². The normalized spacial score (nSPS) is 36.4. The van der Waals surface area contributed by atoms with Crippen molar-refractivity contribution < 1.29 is 22.3 Å². The van der Waals surface area contributed by atoms with E-state index in [0.29, 0.717) is 0 Å². The Balaban J connectivity index is 1.63. The van der Waals surface area contributed by atoms with E-state index in [2.05, 4.69) is 6.58 Å². The van der Waals surface area contributed by atoms with Gasteiger partial charge in [0.25, 0.3) is 11.8 Å². The van der Waals surface area contributed by atoms with Crippen LogP contribution in [0.15, 0.2) is 43.0 Å². The quantitative estimate of drug-likeness (QED) is 0.589. The van der Waals surface area contributed by atoms with Gasteiger partial charge in [-0.2, -0.15) is 0 Å². The second kappa shape index (κ2) is 4.32. The van der Waals surface area contributed by atoms with Crippen molar-refractivity contribution in [3.8, 4) is 0 Å². The Labute approximate surface area is 114 Å². The van der Waals surface area contributed by atoms with Crippen LogP contribution in [0.25, 0.3) is 0 Å². The molecule has 0 unspecified atom stereocenters. The highest BCUT2D eigenvalue weighted by molar-refractivity contribution is 5.26. The molecule has 108 valence electrons. The summed E-state index contributed by atoms with van der Waals surface area (Å²) in [6.07, 6.45) is -0.351. The molecule has 2 aliphatic rings. The maximum absolute atomic E-state index is 13.6. The Hall–Kier alpha value is -1.36. The smallest absolute Gasteiger partial charge is 0.280 e. The summed E-state index contributed by atoms with van der Waals surface area (Å²) >= 11 is 0. The number of rotatable bonds is 5. The predicted molar refractivity (Wildman–Crippen MR) is 65.6 cm³/mol. The minimum absolute atomic E-state index is 0.00858. The number of hydrogen-bond donors (Lipinski definition) is 0. The van der Waals surface area contributed by atoms with Gasteiger partial charge in [0.05, 0.1) is 12.5 Å². The lowest BCUT2D eigenvalue weighted by atomic mass is 10.2. The lowest BCUT2D eigenvalue weighted by Crippen LogP contribution is -2.03. The van der Waals surface area contributed by atoms with Crippen molar-refractivity contribution in [2.75, 3.05) is 0 Å². The summed E-state index contributed by atoms with van der Waals surface area (Å²) in [7, 11) is 0. The number of ether oxygens (including phenoxy) is 1. The van der Waals surface area contributed by atoms with E-state index in [1.54, 1.807) is 30.3 Å². The molecular weight excluding hydrogens is 272 g/mol. The summed E-state index contributed by atoms with van der Waals surface area (Å²) in [4.78, 5) is 0. The lowest BCUT2D eigenvalue weighted by molar-refractivity contribution is 0.00497. The van der Waals surface area contributed by atoms with Gasteiger partial charge in [0.15, 0.2) is 0 Å². The van der Waals surface area contributed by atoms with E-state index in [1.165, 1.54) is 0 Å². The van der Waals surface area contributed by atoms with Crippen molar-refractivity contribution in [3.63, 3.8) is 0 Å². The molecule has 0 radical (unpaired) electrons. The molecule has 1 nitrogen and oxygen atoms in total. The summed E-state index contributed by atoms with van der Waals surface area (Å²) in [5.41, 5.74) is 0.747. The third kappa shape index (κ3) is 1.95. The maximum atomic E-state index is 13.6. The van der Waals surface area contributed by atoms with Crippen LogP contribution >= 0.6 is 0 Å². The van der Waals surface area contributed by atoms with Crippen LogP contribution in [0.4, 0.5) is 17.6 Å². The Bertz CT molecular complexity index is 514. The van der Waals surface area contributed by atoms with E-state index in [-0.39, 0.29) is 6.61 Å². The first kappa shape index (κ1) is 13.6. The van der Waals surface area contributed by atoms with Crippen molar-refractivity contribution in [2.45, 2.75) is 24.6 Å². The van der Waals surface area contributed by atoms with Gasteiger partial charge in [-0.05, 0) is 5.56 Å². The second-order valence-electron chi connectivity index (χ2n) is 5.38. The average Bonchev–Trinajstić information content (AvgIpc) is 3.16. The van der Waals surface area contributed by atoms with E-state index in [4.69, 9.17) is 4.74 Å². The van der Waals surface area contributed by atoms with Crippen LogP contribution in [0.5, 0.6) is 0 Å². The molecule has 4 atom stereocenters. The molecule has 3 rings (SSSR count). The number of allylic oxidation sites excluding steroid dienone is 1. The molecule has 0 saturated heterocycles. The van der Waals surface area contributed by atoms with Crippen LogP contribution in [-0.2, 0) is 11.3 Å². The highest BCUT2D eigenvalue weighted by Crippen LogP contribution is 2.70. The maximum Gasteiger partial charge on any atom is 0.280 e. The SMILES string of the molecule is C=C[C@H]1[C@H]([C@@H]2[C@H](OCc3ccccc3)C2(F)F)C1(F)F. The standard InChI is InChI=1S/C15H14F4O/c1-2-10-11(14(10,16)17)12-13(15(12,18)19)20-8-9-6-4-3-5-7-9/h2-7,10-13H,1,8H2/t10-,11+,12+,13-/m0/s1. The van der Waals surface area contributed by atoms with E-state index < -0.39 is 35.7 Å². The van der Waals surface area contributed by atoms with E-state index in [9.17, 15) is 17.6 Å². The van der Waals surface area contributed by atoms with Crippen molar-refractivity contribution in [1.29, 1.82) is 0 Å². The zero-order chi connectivity index (χ0) is 14.5. The number of benzene rings is 1. The van der Waals surface area contributed by atoms with Crippen molar-refractivity contribution in [2.24, 2.45) is 17.8 Å². The molecule has 0 spiro atoms. The van der Waals surface area contributed by atoms with Gasteiger partial charge in [-0.3, -0.25) is 0 Å². The van der Waals surface area contributed by atoms with Gasteiger partial charge in [0.1, 0.15) is 6.10 Å². The third-order valence-corrected chi connectivity index (χ3v) is 4.12. The van der Waals surface area contributed by atoms with Gasteiger partial charge in [0.2, 0.25) is 0 Å². The fourth-order valence-corrected chi connectivity index (χ4v) is 2.87. The lowest BCUT2D eigenvalue weighted by Gasteiger charge is -2.02. The van der Waals surface area contributed by atoms with Crippen molar-refractivity contribution >= 4 is 0 Å². The molecule has 0 amide bonds. The summed E-state index contributed by atoms with van der Waals surface area (Å²) < 4.78 is 59.1. The van der Waals surface area contributed by atoms with Crippen LogP contribution in [0, 0.1) is 17.8 Å². The van der Waals surface area contributed by atoms with E-state index in [1.807, 2.05) is 0 Å².